The Bertz CT molecular complexity index is 352. The van der Waals surface area contributed by atoms with Gasteiger partial charge in [0.25, 0.3) is 0 Å². The smallest absolute Gasteiger partial charge is 0.163 e. The average Bonchev–Trinajstić information content (AvgIpc) is 2.80. The van der Waals surface area contributed by atoms with Crippen LogP contribution >= 0.6 is 0 Å². The van der Waals surface area contributed by atoms with Gasteiger partial charge < -0.3 is 30.2 Å². The van der Waals surface area contributed by atoms with Crippen LogP contribution in [-0.2, 0) is 14.2 Å². The first-order chi connectivity index (χ1) is 10.9. The van der Waals surface area contributed by atoms with Crippen LogP contribution in [0.25, 0.3) is 0 Å². The van der Waals surface area contributed by atoms with Crippen molar-refractivity contribution in [2.45, 2.75) is 98.2 Å². The van der Waals surface area contributed by atoms with Gasteiger partial charge in [-0.2, -0.15) is 0 Å². The maximum Gasteiger partial charge on any atom is 0.163 e. The number of hydrogen-bond acceptors (Lipinski definition) is 6. The number of hydrogen-bond donors (Lipinski definition) is 3. The average molecular weight is 350 g/mol. The third kappa shape index (κ3) is 6.94. The maximum atomic E-state index is 9.97. The molecule has 0 radical (unpaired) electrons. The summed E-state index contributed by atoms with van der Waals surface area (Å²) in [5.41, 5.74) is 6.40. The van der Waals surface area contributed by atoms with Crippen LogP contribution in [0.15, 0.2) is 0 Å². The van der Waals surface area contributed by atoms with Gasteiger partial charge in [0.1, 0.15) is 6.10 Å². The minimum Gasteiger partial charge on any atom is -0.396 e. The molecule has 1 saturated heterocycles. The molecule has 0 aromatic carbocycles. The Kier molecular flexibility index (Phi) is 9.36. The second-order valence-electron chi connectivity index (χ2n) is 7.58. The normalized spacial score (nSPS) is 27.4. The maximum absolute atomic E-state index is 9.97. The Morgan fingerprint density at radius 3 is 1.96 bits per heavy atom. The Labute approximate surface area is 147 Å². The van der Waals surface area contributed by atoms with E-state index in [1.54, 1.807) is 13.8 Å². The highest BCUT2D eigenvalue weighted by Gasteiger charge is 2.48. The molecule has 4 N–H and O–H groups in total. The minimum atomic E-state index is -1.34. The standard InChI is InChI=1S/C16H33NO5.C2H6/c1-9(2)12-14(22-16(6,7)21-12)11(17)13(10(3)8-18)20-15(4,5)19;1-2/h9-14,18-19H,8,17H2,1-7H3;1-2H3/t10?,11?,12?,13-,14-;/m1./s1. The number of nitrogens with two attached hydrogens (primary N) is 1. The van der Waals surface area contributed by atoms with Crippen molar-refractivity contribution in [3.8, 4) is 0 Å². The van der Waals surface area contributed by atoms with E-state index in [1.807, 2.05) is 34.6 Å². The molecule has 0 bridgehead atoms. The molecule has 0 aromatic rings. The molecule has 1 fully saturated rings. The van der Waals surface area contributed by atoms with Crippen molar-refractivity contribution in [1.29, 1.82) is 0 Å². The molecule has 0 spiro atoms. The number of rotatable bonds is 7. The summed E-state index contributed by atoms with van der Waals surface area (Å²) >= 11 is 0. The van der Waals surface area contributed by atoms with Gasteiger partial charge in [0.2, 0.25) is 0 Å². The van der Waals surface area contributed by atoms with E-state index in [0.717, 1.165) is 0 Å². The van der Waals surface area contributed by atoms with E-state index >= 15 is 0 Å². The zero-order valence-corrected chi connectivity index (χ0v) is 16.9. The molecule has 0 amide bonds. The van der Waals surface area contributed by atoms with Crippen LogP contribution in [0, 0.1) is 11.8 Å². The van der Waals surface area contributed by atoms with Crippen molar-refractivity contribution in [2.24, 2.45) is 17.6 Å². The van der Waals surface area contributed by atoms with Crippen LogP contribution in [-0.4, -0.2) is 52.7 Å². The molecule has 3 unspecified atom stereocenters. The number of ether oxygens (including phenoxy) is 3. The zero-order chi connectivity index (χ0) is 19.3. The Balaban J connectivity index is 0.00000254. The first kappa shape index (κ1) is 23.8. The lowest BCUT2D eigenvalue weighted by Crippen LogP contribution is -2.56. The molecular weight excluding hydrogens is 310 g/mol. The molecule has 0 aliphatic carbocycles. The van der Waals surface area contributed by atoms with Crippen LogP contribution in [0.2, 0.25) is 0 Å². The molecule has 5 atom stereocenters. The molecule has 0 aromatic heterocycles. The molecule has 6 nitrogen and oxygen atoms in total. The van der Waals surface area contributed by atoms with Crippen molar-refractivity contribution >= 4 is 0 Å². The van der Waals surface area contributed by atoms with Crippen LogP contribution < -0.4 is 5.73 Å². The van der Waals surface area contributed by atoms with E-state index in [1.165, 1.54) is 0 Å². The van der Waals surface area contributed by atoms with Crippen molar-refractivity contribution in [2.75, 3.05) is 6.61 Å². The van der Waals surface area contributed by atoms with Gasteiger partial charge in [-0.15, -0.1) is 0 Å². The summed E-state index contributed by atoms with van der Waals surface area (Å²) < 4.78 is 17.6. The van der Waals surface area contributed by atoms with Gasteiger partial charge in [-0.1, -0.05) is 34.6 Å². The lowest BCUT2D eigenvalue weighted by atomic mass is 9.89. The van der Waals surface area contributed by atoms with Crippen LogP contribution in [0.4, 0.5) is 0 Å². The third-order valence-electron chi connectivity index (χ3n) is 3.85. The van der Waals surface area contributed by atoms with Gasteiger partial charge in [-0.05, 0) is 33.6 Å². The zero-order valence-electron chi connectivity index (χ0n) is 16.9. The Morgan fingerprint density at radius 1 is 1.12 bits per heavy atom. The van der Waals surface area contributed by atoms with E-state index in [2.05, 4.69) is 13.8 Å². The van der Waals surface area contributed by atoms with Crippen molar-refractivity contribution in [3.05, 3.63) is 0 Å². The molecule has 1 aliphatic rings. The highest BCUT2D eigenvalue weighted by atomic mass is 16.8. The number of aliphatic hydroxyl groups is 2. The molecule has 24 heavy (non-hydrogen) atoms. The summed E-state index contributed by atoms with van der Waals surface area (Å²) in [7, 11) is 0. The second kappa shape index (κ2) is 9.46. The first-order valence-corrected chi connectivity index (χ1v) is 9.00. The fourth-order valence-corrected chi connectivity index (χ4v) is 2.83. The summed E-state index contributed by atoms with van der Waals surface area (Å²) in [4.78, 5) is 0. The lowest BCUT2D eigenvalue weighted by molar-refractivity contribution is -0.230. The summed E-state index contributed by atoms with van der Waals surface area (Å²) in [6.07, 6.45) is -1.08. The highest BCUT2D eigenvalue weighted by Crippen LogP contribution is 2.35. The molecule has 6 heteroatoms. The van der Waals surface area contributed by atoms with Gasteiger partial charge in [0.05, 0.1) is 18.2 Å². The largest absolute Gasteiger partial charge is 0.396 e. The van der Waals surface area contributed by atoms with E-state index in [9.17, 15) is 10.2 Å². The van der Waals surface area contributed by atoms with Crippen molar-refractivity contribution < 1.29 is 24.4 Å². The van der Waals surface area contributed by atoms with Crippen LogP contribution in [0.3, 0.4) is 0 Å². The van der Waals surface area contributed by atoms with Gasteiger partial charge in [-0.25, -0.2) is 0 Å². The summed E-state index contributed by atoms with van der Waals surface area (Å²) in [5.74, 6) is -2.06. The third-order valence-corrected chi connectivity index (χ3v) is 3.85. The van der Waals surface area contributed by atoms with E-state index < -0.39 is 23.7 Å². The van der Waals surface area contributed by atoms with Gasteiger partial charge >= 0.3 is 0 Å². The number of aliphatic hydroxyl groups excluding tert-OH is 1. The molecule has 1 heterocycles. The highest BCUT2D eigenvalue weighted by molar-refractivity contribution is 4.95. The fraction of sp³-hybridized carbons (Fsp3) is 1.00. The van der Waals surface area contributed by atoms with Gasteiger partial charge in [0, 0.05) is 12.5 Å². The van der Waals surface area contributed by atoms with Crippen molar-refractivity contribution in [3.63, 3.8) is 0 Å². The molecule has 0 saturated carbocycles. The van der Waals surface area contributed by atoms with Crippen LogP contribution in [0.5, 0.6) is 0 Å². The van der Waals surface area contributed by atoms with Crippen molar-refractivity contribution in [1.82, 2.24) is 0 Å². The molecular formula is C18H39NO5. The molecule has 1 rings (SSSR count). The lowest BCUT2D eigenvalue weighted by Gasteiger charge is -2.37. The Morgan fingerprint density at radius 2 is 1.58 bits per heavy atom. The topological polar surface area (TPSA) is 94.2 Å². The Hall–Kier alpha value is -0.240. The quantitative estimate of drug-likeness (QED) is 0.610. The van der Waals surface area contributed by atoms with E-state index in [0.29, 0.717) is 0 Å². The van der Waals surface area contributed by atoms with Gasteiger partial charge in [0.15, 0.2) is 11.6 Å². The summed E-state index contributed by atoms with van der Waals surface area (Å²) in [6.45, 7) is 16.7. The monoisotopic (exact) mass is 349 g/mol. The molecule has 1 aliphatic heterocycles. The predicted molar refractivity (Wildman–Crippen MR) is 95.4 cm³/mol. The van der Waals surface area contributed by atoms with E-state index in [4.69, 9.17) is 19.9 Å². The first-order valence-electron chi connectivity index (χ1n) is 9.00. The fourth-order valence-electron chi connectivity index (χ4n) is 2.83. The van der Waals surface area contributed by atoms with E-state index in [-0.39, 0.29) is 30.7 Å². The minimum absolute atomic E-state index is 0.0856. The van der Waals surface area contributed by atoms with Gasteiger partial charge in [-0.3, -0.25) is 0 Å². The van der Waals surface area contributed by atoms with Crippen LogP contribution in [0.1, 0.15) is 62.3 Å². The second-order valence-corrected chi connectivity index (χ2v) is 7.58. The predicted octanol–water partition coefficient (Wildman–Crippen LogP) is 2.26. The SMILES string of the molecule is CC.CC(C)C1OC(C)(C)O[C@@H]1C(N)[C@H](OC(C)(C)O)C(C)CO. The summed E-state index contributed by atoms with van der Waals surface area (Å²) in [6, 6.07) is -0.525. The molecule has 146 valence electrons. The summed E-state index contributed by atoms with van der Waals surface area (Å²) in [5, 5.41) is 19.5.